The Morgan fingerprint density at radius 2 is 1.85 bits per heavy atom. The monoisotopic (exact) mass is 371 g/mol. The number of carbonyl (C=O) groups excluding carboxylic acids is 1. The maximum absolute atomic E-state index is 12.9. The number of benzene rings is 1. The van der Waals surface area contributed by atoms with E-state index in [1.54, 1.807) is 42.7 Å². The number of H-pyrrole nitrogens is 1. The summed E-state index contributed by atoms with van der Waals surface area (Å²) in [6.45, 7) is 1.43. The van der Waals surface area contributed by atoms with E-state index in [-0.39, 0.29) is 4.90 Å². The summed E-state index contributed by atoms with van der Waals surface area (Å²) in [4.78, 5) is 19.1. The molecule has 1 N–H and O–H groups in total. The summed E-state index contributed by atoms with van der Waals surface area (Å²) >= 11 is 0. The van der Waals surface area contributed by atoms with Gasteiger partial charge in [-0.1, -0.05) is 0 Å². The molecule has 134 valence electrons. The molecule has 8 heteroatoms. The molecule has 1 aromatic carbocycles. The van der Waals surface area contributed by atoms with Crippen LogP contribution in [0.3, 0.4) is 0 Å². The normalized spacial score (nSPS) is 16.0. The third-order valence-corrected chi connectivity index (χ3v) is 6.40. The number of pyridine rings is 1. The Morgan fingerprint density at radius 1 is 1.12 bits per heavy atom. The first-order valence-corrected chi connectivity index (χ1v) is 9.64. The third-order valence-electron chi connectivity index (χ3n) is 4.50. The summed E-state index contributed by atoms with van der Waals surface area (Å²) in [5.74, 6) is 0. The van der Waals surface area contributed by atoms with Crippen LogP contribution in [0.15, 0.2) is 47.6 Å². The summed E-state index contributed by atoms with van der Waals surface area (Å²) in [6, 6.07) is 8.41. The maximum atomic E-state index is 12.9. The zero-order valence-electron chi connectivity index (χ0n) is 13.9. The van der Waals surface area contributed by atoms with Crippen molar-refractivity contribution in [3.05, 3.63) is 48.3 Å². The number of nitrogens with zero attached hydrogens (tertiary/aromatic N) is 2. The van der Waals surface area contributed by atoms with E-state index in [0.29, 0.717) is 48.5 Å². The van der Waals surface area contributed by atoms with Crippen LogP contribution in [-0.4, -0.2) is 55.3 Å². The number of carbonyl (C=O) groups is 1. The number of hydrogen-bond donors (Lipinski definition) is 1. The Labute approximate surface area is 150 Å². The summed E-state index contributed by atoms with van der Waals surface area (Å²) in [6.07, 6.45) is 4.03. The number of fused-ring (bicyclic) bond motifs is 1. The highest BCUT2D eigenvalue weighted by Crippen LogP contribution is 2.31. The second-order valence-electron chi connectivity index (χ2n) is 5.99. The first-order chi connectivity index (χ1) is 12.6. The standard InChI is InChI=1S/C18H17N3O4S/c22-12-16-15-11-14(26(23,24)21-7-9-25-10-8-21)1-2-17(15)20-18(16)13-3-5-19-6-4-13/h1-6,11-12,20H,7-10H2. The molecule has 1 aliphatic heterocycles. The average Bonchev–Trinajstić information content (AvgIpc) is 3.07. The van der Waals surface area contributed by atoms with E-state index in [2.05, 4.69) is 9.97 Å². The molecule has 4 rings (SSSR count). The van der Waals surface area contributed by atoms with Crippen molar-refractivity contribution in [1.82, 2.24) is 14.3 Å². The van der Waals surface area contributed by atoms with E-state index < -0.39 is 10.0 Å². The molecular formula is C18H17N3O4S. The molecule has 1 fully saturated rings. The molecule has 0 saturated carbocycles. The highest BCUT2D eigenvalue weighted by Gasteiger charge is 2.27. The summed E-state index contributed by atoms with van der Waals surface area (Å²) in [5.41, 5.74) is 2.61. The number of aromatic amines is 1. The van der Waals surface area contributed by atoms with Gasteiger partial charge < -0.3 is 9.72 Å². The van der Waals surface area contributed by atoms with E-state index in [1.807, 2.05) is 0 Å². The minimum atomic E-state index is -3.62. The average molecular weight is 371 g/mol. The first kappa shape index (κ1) is 16.9. The molecule has 0 bridgehead atoms. The van der Waals surface area contributed by atoms with Gasteiger partial charge in [0.2, 0.25) is 10.0 Å². The third kappa shape index (κ3) is 2.82. The highest BCUT2D eigenvalue weighted by molar-refractivity contribution is 7.89. The fourth-order valence-corrected chi connectivity index (χ4v) is 4.59. The predicted octanol–water partition coefficient (Wildman–Crippen LogP) is 2.06. The molecule has 0 spiro atoms. The number of nitrogens with one attached hydrogen (secondary N) is 1. The van der Waals surface area contributed by atoms with Gasteiger partial charge in [-0.3, -0.25) is 9.78 Å². The summed E-state index contributed by atoms with van der Waals surface area (Å²) in [7, 11) is -3.62. The topological polar surface area (TPSA) is 92.4 Å². The van der Waals surface area contributed by atoms with Crippen LogP contribution in [0.4, 0.5) is 0 Å². The summed E-state index contributed by atoms with van der Waals surface area (Å²) < 4.78 is 32.4. The molecule has 0 aliphatic carbocycles. The second kappa shape index (κ2) is 6.64. The molecule has 0 radical (unpaired) electrons. The number of morpholine rings is 1. The molecule has 7 nitrogen and oxygen atoms in total. The van der Waals surface area contributed by atoms with Crippen molar-refractivity contribution < 1.29 is 17.9 Å². The van der Waals surface area contributed by atoms with Crippen LogP contribution >= 0.6 is 0 Å². The first-order valence-electron chi connectivity index (χ1n) is 8.20. The molecule has 0 unspecified atom stereocenters. The van der Waals surface area contributed by atoms with Crippen molar-refractivity contribution in [2.45, 2.75) is 4.90 Å². The van der Waals surface area contributed by atoms with E-state index >= 15 is 0 Å². The molecular weight excluding hydrogens is 354 g/mol. The number of aldehydes is 1. The number of sulfonamides is 1. The van der Waals surface area contributed by atoms with Crippen LogP contribution in [0.25, 0.3) is 22.2 Å². The molecule has 2 aromatic heterocycles. The Bertz CT molecular complexity index is 1050. The van der Waals surface area contributed by atoms with Crippen molar-refractivity contribution in [3.63, 3.8) is 0 Å². The predicted molar refractivity (Wildman–Crippen MR) is 96.5 cm³/mol. The lowest BCUT2D eigenvalue weighted by Gasteiger charge is -2.26. The van der Waals surface area contributed by atoms with Crippen LogP contribution in [0.5, 0.6) is 0 Å². The van der Waals surface area contributed by atoms with Gasteiger partial charge in [-0.05, 0) is 30.3 Å². The van der Waals surface area contributed by atoms with E-state index in [0.717, 1.165) is 11.8 Å². The van der Waals surface area contributed by atoms with Gasteiger partial charge in [0.25, 0.3) is 0 Å². The van der Waals surface area contributed by atoms with Crippen molar-refractivity contribution in [2.75, 3.05) is 26.3 Å². The highest BCUT2D eigenvalue weighted by atomic mass is 32.2. The van der Waals surface area contributed by atoms with E-state index in [9.17, 15) is 13.2 Å². The van der Waals surface area contributed by atoms with Gasteiger partial charge in [-0.25, -0.2) is 8.42 Å². The molecule has 0 atom stereocenters. The molecule has 3 heterocycles. The van der Waals surface area contributed by atoms with Crippen LogP contribution in [0, 0.1) is 0 Å². The van der Waals surface area contributed by atoms with Gasteiger partial charge in [0.15, 0.2) is 6.29 Å². The van der Waals surface area contributed by atoms with Crippen molar-refractivity contribution in [1.29, 1.82) is 0 Å². The lowest BCUT2D eigenvalue weighted by molar-refractivity contribution is 0.0730. The minimum Gasteiger partial charge on any atom is -0.379 e. The van der Waals surface area contributed by atoms with Gasteiger partial charge in [0, 0.05) is 47.5 Å². The number of aromatic nitrogens is 2. The number of ether oxygens (including phenoxy) is 1. The molecule has 0 amide bonds. The van der Waals surface area contributed by atoms with E-state index in [4.69, 9.17) is 4.74 Å². The Balaban J connectivity index is 1.84. The lowest BCUT2D eigenvalue weighted by Crippen LogP contribution is -2.40. The Hall–Kier alpha value is -2.55. The van der Waals surface area contributed by atoms with Gasteiger partial charge >= 0.3 is 0 Å². The van der Waals surface area contributed by atoms with Crippen molar-refractivity contribution in [3.8, 4) is 11.3 Å². The fourth-order valence-electron chi connectivity index (χ4n) is 3.16. The molecule has 26 heavy (non-hydrogen) atoms. The Morgan fingerprint density at radius 3 is 2.54 bits per heavy atom. The number of hydrogen-bond acceptors (Lipinski definition) is 5. The van der Waals surface area contributed by atoms with Crippen molar-refractivity contribution >= 4 is 27.2 Å². The fraction of sp³-hybridized carbons (Fsp3) is 0.222. The zero-order valence-corrected chi connectivity index (χ0v) is 14.7. The lowest BCUT2D eigenvalue weighted by atomic mass is 10.1. The Kier molecular flexibility index (Phi) is 4.31. The molecule has 1 aliphatic rings. The van der Waals surface area contributed by atoms with Crippen LogP contribution < -0.4 is 0 Å². The largest absolute Gasteiger partial charge is 0.379 e. The SMILES string of the molecule is O=Cc1c(-c2ccncc2)[nH]c2ccc(S(=O)(=O)N3CCOCC3)cc12. The van der Waals surface area contributed by atoms with Crippen LogP contribution in [0.2, 0.25) is 0 Å². The quantitative estimate of drug-likeness (QED) is 0.709. The smallest absolute Gasteiger partial charge is 0.243 e. The van der Waals surface area contributed by atoms with Gasteiger partial charge in [-0.15, -0.1) is 0 Å². The van der Waals surface area contributed by atoms with Gasteiger partial charge in [0.05, 0.1) is 23.8 Å². The van der Waals surface area contributed by atoms with Crippen LogP contribution in [0.1, 0.15) is 10.4 Å². The summed E-state index contributed by atoms with van der Waals surface area (Å²) in [5, 5.41) is 0.584. The minimum absolute atomic E-state index is 0.176. The zero-order chi connectivity index (χ0) is 18.1. The number of rotatable bonds is 4. The van der Waals surface area contributed by atoms with Crippen LogP contribution in [-0.2, 0) is 14.8 Å². The van der Waals surface area contributed by atoms with E-state index in [1.165, 1.54) is 4.31 Å². The van der Waals surface area contributed by atoms with Gasteiger partial charge in [-0.2, -0.15) is 4.31 Å². The van der Waals surface area contributed by atoms with Crippen molar-refractivity contribution in [2.24, 2.45) is 0 Å². The molecule has 1 saturated heterocycles. The second-order valence-corrected chi connectivity index (χ2v) is 7.93. The maximum Gasteiger partial charge on any atom is 0.243 e. The molecule has 3 aromatic rings. The van der Waals surface area contributed by atoms with Gasteiger partial charge in [0.1, 0.15) is 0 Å².